The number of benzene rings is 1. The first kappa shape index (κ1) is 11.1. The largest absolute Gasteiger partial charge is 0.492 e. The van der Waals surface area contributed by atoms with E-state index >= 15 is 0 Å². The van der Waals surface area contributed by atoms with Crippen LogP contribution >= 0.6 is 23.2 Å². The molecule has 1 aromatic rings. The molecule has 1 N–H and O–H groups in total. The summed E-state index contributed by atoms with van der Waals surface area (Å²) in [6.45, 7) is 0.715. The molecular formula is C11H13Cl2NO. The molecule has 1 saturated carbocycles. The van der Waals surface area contributed by atoms with Crippen molar-refractivity contribution in [2.75, 3.05) is 13.7 Å². The molecule has 0 amide bonds. The third-order valence-corrected chi connectivity index (χ3v) is 3.17. The molecule has 4 heteroatoms. The molecular weight excluding hydrogens is 233 g/mol. The number of hydrogen-bond donors (Lipinski definition) is 1. The van der Waals surface area contributed by atoms with Crippen molar-refractivity contribution in [1.29, 1.82) is 0 Å². The third kappa shape index (κ3) is 2.77. The van der Waals surface area contributed by atoms with Crippen LogP contribution in [0.2, 0.25) is 10.0 Å². The number of nitrogens with one attached hydrogen (secondary N) is 1. The quantitative estimate of drug-likeness (QED) is 0.881. The highest BCUT2D eigenvalue weighted by Crippen LogP contribution is 2.33. The molecule has 1 aliphatic carbocycles. The fraction of sp³-hybridized carbons (Fsp3) is 0.455. The van der Waals surface area contributed by atoms with Gasteiger partial charge in [0.05, 0.1) is 11.6 Å². The van der Waals surface area contributed by atoms with Gasteiger partial charge in [0.25, 0.3) is 0 Å². The molecule has 0 spiro atoms. The Balaban J connectivity index is 1.88. The smallest absolute Gasteiger partial charge is 0.137 e. The van der Waals surface area contributed by atoms with Gasteiger partial charge in [-0.15, -0.1) is 0 Å². The van der Waals surface area contributed by atoms with Crippen molar-refractivity contribution in [1.82, 2.24) is 5.32 Å². The van der Waals surface area contributed by atoms with Gasteiger partial charge < -0.3 is 10.1 Å². The fourth-order valence-electron chi connectivity index (χ4n) is 1.57. The molecule has 0 heterocycles. The van der Waals surface area contributed by atoms with Crippen LogP contribution in [0.1, 0.15) is 6.42 Å². The summed E-state index contributed by atoms with van der Waals surface area (Å²) >= 11 is 11.8. The van der Waals surface area contributed by atoms with E-state index in [0.29, 0.717) is 34.4 Å². The number of ether oxygens (including phenoxy) is 1. The number of halogens is 2. The van der Waals surface area contributed by atoms with Crippen molar-refractivity contribution in [3.8, 4) is 5.75 Å². The Morgan fingerprint density at radius 2 is 2.27 bits per heavy atom. The zero-order valence-corrected chi connectivity index (χ0v) is 9.98. The summed E-state index contributed by atoms with van der Waals surface area (Å²) in [6, 6.07) is 5.89. The van der Waals surface area contributed by atoms with Gasteiger partial charge >= 0.3 is 0 Å². The Hall–Kier alpha value is -0.440. The molecule has 0 radical (unpaired) electrons. The average Bonchev–Trinajstić information content (AvgIpc) is 2.95. The van der Waals surface area contributed by atoms with Crippen LogP contribution in [0.3, 0.4) is 0 Å². The lowest BCUT2D eigenvalue weighted by molar-refractivity contribution is 0.295. The zero-order valence-electron chi connectivity index (χ0n) is 8.47. The molecule has 1 fully saturated rings. The lowest BCUT2D eigenvalue weighted by Gasteiger charge is -2.07. The van der Waals surface area contributed by atoms with Crippen LogP contribution in [0.25, 0.3) is 0 Å². The van der Waals surface area contributed by atoms with Gasteiger partial charge in [-0.2, -0.15) is 0 Å². The summed E-state index contributed by atoms with van der Waals surface area (Å²) < 4.78 is 5.62. The lowest BCUT2D eigenvalue weighted by atomic mass is 10.3. The van der Waals surface area contributed by atoms with E-state index < -0.39 is 0 Å². The van der Waals surface area contributed by atoms with Crippen LogP contribution in [0.5, 0.6) is 5.75 Å². The molecule has 0 bridgehead atoms. The maximum atomic E-state index is 5.98. The summed E-state index contributed by atoms with van der Waals surface area (Å²) in [4.78, 5) is 0. The first-order valence-electron chi connectivity index (χ1n) is 4.96. The Labute approximate surface area is 99.5 Å². The minimum atomic E-state index is 0.573. The maximum absolute atomic E-state index is 5.98. The van der Waals surface area contributed by atoms with Crippen LogP contribution in [0.4, 0.5) is 0 Å². The maximum Gasteiger partial charge on any atom is 0.137 e. The fourth-order valence-corrected chi connectivity index (χ4v) is 2.04. The first-order chi connectivity index (χ1) is 7.20. The lowest BCUT2D eigenvalue weighted by Crippen LogP contribution is -2.14. The Kier molecular flexibility index (Phi) is 3.39. The van der Waals surface area contributed by atoms with E-state index in [2.05, 4.69) is 5.32 Å². The van der Waals surface area contributed by atoms with Crippen LogP contribution in [0.15, 0.2) is 18.2 Å². The van der Waals surface area contributed by atoms with Crippen molar-refractivity contribution in [2.24, 2.45) is 5.92 Å². The Morgan fingerprint density at radius 3 is 2.87 bits per heavy atom. The van der Waals surface area contributed by atoms with Gasteiger partial charge in [-0.3, -0.25) is 0 Å². The summed E-state index contributed by atoms with van der Waals surface area (Å²) in [5.41, 5.74) is 0. The minimum absolute atomic E-state index is 0.573. The highest BCUT2D eigenvalue weighted by atomic mass is 35.5. The van der Waals surface area contributed by atoms with E-state index in [1.165, 1.54) is 6.42 Å². The predicted molar refractivity (Wildman–Crippen MR) is 62.9 cm³/mol. The molecule has 2 unspecified atom stereocenters. The molecule has 82 valence electrons. The van der Waals surface area contributed by atoms with Gasteiger partial charge in [-0.05, 0) is 31.7 Å². The molecule has 2 nitrogen and oxygen atoms in total. The van der Waals surface area contributed by atoms with Crippen LogP contribution < -0.4 is 10.1 Å². The normalized spacial score (nSPS) is 23.9. The second-order valence-electron chi connectivity index (χ2n) is 3.78. The number of hydrogen-bond acceptors (Lipinski definition) is 2. The van der Waals surface area contributed by atoms with E-state index in [-0.39, 0.29) is 0 Å². The summed E-state index contributed by atoms with van der Waals surface area (Å²) in [5.74, 6) is 1.32. The second kappa shape index (κ2) is 4.60. The van der Waals surface area contributed by atoms with Gasteiger partial charge in [0.1, 0.15) is 5.75 Å². The van der Waals surface area contributed by atoms with Gasteiger partial charge in [0.2, 0.25) is 0 Å². The SMILES string of the molecule is CNC1CC1COc1ccc(Cl)cc1Cl. The molecule has 15 heavy (non-hydrogen) atoms. The minimum Gasteiger partial charge on any atom is -0.492 e. The molecule has 1 aliphatic rings. The zero-order chi connectivity index (χ0) is 10.8. The van der Waals surface area contributed by atoms with Gasteiger partial charge in [0.15, 0.2) is 0 Å². The van der Waals surface area contributed by atoms with Gasteiger partial charge in [-0.1, -0.05) is 23.2 Å². The monoisotopic (exact) mass is 245 g/mol. The van der Waals surface area contributed by atoms with E-state index in [4.69, 9.17) is 27.9 Å². The van der Waals surface area contributed by atoms with Crippen molar-refractivity contribution < 1.29 is 4.74 Å². The van der Waals surface area contributed by atoms with Crippen molar-refractivity contribution in [2.45, 2.75) is 12.5 Å². The van der Waals surface area contributed by atoms with Crippen LogP contribution in [-0.4, -0.2) is 19.7 Å². The van der Waals surface area contributed by atoms with E-state index in [0.717, 1.165) is 0 Å². The van der Waals surface area contributed by atoms with Crippen molar-refractivity contribution >= 4 is 23.2 Å². The first-order valence-corrected chi connectivity index (χ1v) is 5.71. The summed E-state index contributed by atoms with van der Waals surface area (Å²) in [6.07, 6.45) is 1.18. The standard InChI is InChI=1S/C11H13Cl2NO/c1-14-10-4-7(10)6-15-11-3-2-8(12)5-9(11)13/h2-3,5,7,10,14H,4,6H2,1H3. The molecule has 2 rings (SSSR count). The van der Waals surface area contributed by atoms with E-state index in [1.54, 1.807) is 18.2 Å². The van der Waals surface area contributed by atoms with Crippen molar-refractivity contribution in [3.63, 3.8) is 0 Å². The molecule has 1 aromatic carbocycles. The van der Waals surface area contributed by atoms with E-state index in [1.807, 2.05) is 7.05 Å². The van der Waals surface area contributed by atoms with Crippen LogP contribution in [0, 0.1) is 5.92 Å². The van der Waals surface area contributed by atoms with Gasteiger partial charge in [0, 0.05) is 17.0 Å². The molecule has 2 atom stereocenters. The summed E-state index contributed by atoms with van der Waals surface area (Å²) in [7, 11) is 1.97. The molecule has 0 aliphatic heterocycles. The predicted octanol–water partition coefficient (Wildman–Crippen LogP) is 2.98. The van der Waals surface area contributed by atoms with Crippen LogP contribution in [-0.2, 0) is 0 Å². The third-order valence-electron chi connectivity index (χ3n) is 2.64. The molecule has 0 aromatic heterocycles. The Morgan fingerprint density at radius 1 is 1.47 bits per heavy atom. The Bertz CT molecular complexity index is 356. The highest BCUT2D eigenvalue weighted by molar-refractivity contribution is 6.35. The highest BCUT2D eigenvalue weighted by Gasteiger charge is 2.36. The van der Waals surface area contributed by atoms with E-state index in [9.17, 15) is 0 Å². The topological polar surface area (TPSA) is 21.3 Å². The number of rotatable bonds is 4. The molecule has 0 saturated heterocycles. The van der Waals surface area contributed by atoms with Crippen molar-refractivity contribution in [3.05, 3.63) is 28.2 Å². The second-order valence-corrected chi connectivity index (χ2v) is 4.62. The summed E-state index contributed by atoms with van der Waals surface area (Å²) in [5, 5.41) is 4.42. The van der Waals surface area contributed by atoms with Gasteiger partial charge in [-0.25, -0.2) is 0 Å². The average molecular weight is 246 g/mol.